The van der Waals surface area contributed by atoms with Gasteiger partial charge >= 0.3 is 72.4 Å². The molecule has 0 aromatic rings. The minimum absolute atomic E-state index is 0.519. The quantitative estimate of drug-likeness (QED) is 0.179. The number of rotatable bonds is 12. The first-order valence-corrected chi connectivity index (χ1v) is 13.8. The van der Waals surface area contributed by atoms with E-state index in [9.17, 15) is 29.7 Å². The number of hydrogen-bond acceptors (Lipinski definition) is 9. The fraction of sp³-hybridized carbons (Fsp3) is 0.850. The zero-order valence-electron chi connectivity index (χ0n) is 18.6. The van der Waals surface area contributed by atoms with Crippen LogP contribution in [0.3, 0.4) is 0 Å². The van der Waals surface area contributed by atoms with Crippen molar-refractivity contribution in [3.63, 3.8) is 0 Å². The molecule has 0 bridgehead atoms. The van der Waals surface area contributed by atoms with Gasteiger partial charge in [-0.05, 0) is 19.3 Å². The Morgan fingerprint density at radius 1 is 0.633 bits per heavy atom. The number of carbonyl (C=O) groups is 3. The number of carbonyl (C=O) groups excluding carboxylic acids is 3. The molecular weight excluding hydrogens is 551 g/mol. The molecule has 0 aromatic carbocycles. The third kappa shape index (κ3) is 35.7. The van der Waals surface area contributed by atoms with Crippen LogP contribution in [0.15, 0.2) is 0 Å². The molecule has 0 aliphatic heterocycles. The summed E-state index contributed by atoms with van der Waals surface area (Å²) in [6, 6.07) is 0. The second-order valence-corrected chi connectivity index (χ2v) is 9.54. The van der Waals surface area contributed by atoms with Crippen molar-refractivity contribution in [2.75, 3.05) is 0 Å². The monoisotopic (exact) mass is 590 g/mol. The van der Waals surface area contributed by atoms with Crippen LogP contribution >= 0.6 is 37.9 Å². The number of thiol groups is 3. The molecule has 0 amide bonds. The van der Waals surface area contributed by atoms with Crippen LogP contribution in [-0.2, 0) is 14.4 Å². The Labute approximate surface area is 212 Å². The van der Waals surface area contributed by atoms with E-state index in [1.54, 1.807) is 43.3 Å². The summed E-state index contributed by atoms with van der Waals surface area (Å²) in [5.74, 6) is -3.28. The van der Waals surface area contributed by atoms with E-state index in [-0.39, 0.29) is 0 Å². The number of aliphatic carboxylic acids is 3. The third-order valence-electron chi connectivity index (χ3n) is 3.51. The van der Waals surface area contributed by atoms with Gasteiger partial charge in [0.1, 0.15) is 0 Å². The number of hydrogen-bond donors (Lipinski definition) is 3. The molecule has 0 saturated carbocycles. The van der Waals surface area contributed by atoms with Crippen LogP contribution in [0.2, 0.25) is 4.44 Å². The molecule has 0 spiro atoms. The maximum absolute atomic E-state index is 9.74. The zero-order chi connectivity index (χ0) is 24.5. The third-order valence-corrected chi connectivity index (χ3v) is 6.24. The van der Waals surface area contributed by atoms with Crippen molar-refractivity contribution >= 4 is 78.3 Å². The molecule has 176 valence electrons. The Hall–Kier alpha value is 0.259. The Balaban J connectivity index is -0.000000151. The second kappa shape index (κ2) is 29.3. The van der Waals surface area contributed by atoms with Crippen LogP contribution in [0.5, 0.6) is 0 Å². The summed E-state index contributed by atoms with van der Waals surface area (Å²) in [7, 11) is 0. The molecule has 0 radical (unpaired) electrons. The van der Waals surface area contributed by atoms with Crippen molar-refractivity contribution in [2.24, 2.45) is 0 Å². The fourth-order valence-electron chi connectivity index (χ4n) is 1.41. The average molecular weight is 589 g/mol. The molecule has 30 heavy (non-hydrogen) atoms. The predicted molar refractivity (Wildman–Crippen MR) is 128 cm³/mol. The molecule has 3 unspecified atom stereocenters. The van der Waals surface area contributed by atoms with E-state index in [1.165, 1.54) is 43.0 Å². The van der Waals surface area contributed by atoms with Crippen molar-refractivity contribution in [1.82, 2.24) is 0 Å². The van der Waals surface area contributed by atoms with Gasteiger partial charge in [-0.3, -0.25) is 0 Å². The normalized spacial score (nSPS) is 12.4. The Bertz CT molecular complexity index is 360. The first-order chi connectivity index (χ1) is 14.0. The molecular formula is C20H38O6S3Sn. The molecule has 6 nitrogen and oxygen atoms in total. The van der Waals surface area contributed by atoms with Gasteiger partial charge in [0.25, 0.3) is 0 Å². The molecule has 0 N–H and O–H groups in total. The second-order valence-electron chi connectivity index (χ2n) is 6.25. The van der Waals surface area contributed by atoms with Gasteiger partial charge in [-0.25, -0.2) is 0 Å². The first kappa shape index (κ1) is 37.6. The molecule has 10 heteroatoms. The fourth-order valence-corrected chi connectivity index (χ4v) is 2.12. The topological polar surface area (TPSA) is 120 Å². The van der Waals surface area contributed by atoms with Crippen molar-refractivity contribution < 1.29 is 29.7 Å². The summed E-state index contributed by atoms with van der Waals surface area (Å²) in [4.78, 5) is 29.2. The van der Waals surface area contributed by atoms with E-state index in [0.717, 1.165) is 0 Å². The average Bonchev–Trinajstić information content (AvgIpc) is 2.72. The van der Waals surface area contributed by atoms with Crippen LogP contribution in [-0.4, -0.2) is 56.2 Å². The Kier molecular flexibility index (Phi) is 36.6. The van der Waals surface area contributed by atoms with Gasteiger partial charge in [-0.1, -0.05) is 20.8 Å². The molecule has 3 atom stereocenters. The molecule has 0 heterocycles. The molecule has 0 saturated heterocycles. The standard InChI is InChI=1S/C8H17.3C4H8O2S.Sn/c1-3-5-7-8-6-4-2;3*1-2-3(7)4(5)6;/h1,3-8H2,2H3;3*3,7H,2H2,1H3,(H,5,6);/q;;;;+3/p-3. The summed E-state index contributed by atoms with van der Waals surface area (Å²) in [5.41, 5.74) is 0. The van der Waals surface area contributed by atoms with Crippen LogP contribution in [0.1, 0.15) is 85.5 Å². The molecule has 0 aliphatic rings. The van der Waals surface area contributed by atoms with Crippen LogP contribution in [0.4, 0.5) is 0 Å². The molecule has 0 aliphatic carbocycles. The van der Waals surface area contributed by atoms with E-state index >= 15 is 0 Å². The van der Waals surface area contributed by atoms with Crippen LogP contribution in [0.25, 0.3) is 0 Å². The summed E-state index contributed by atoms with van der Waals surface area (Å²) in [6.07, 6.45) is 10.3. The number of unbranched alkanes of at least 4 members (excludes halogenated alkanes) is 5. The van der Waals surface area contributed by atoms with Gasteiger partial charge in [0.05, 0.1) is 17.9 Å². The van der Waals surface area contributed by atoms with Gasteiger partial charge in [0.2, 0.25) is 0 Å². The Morgan fingerprint density at radius 2 is 0.900 bits per heavy atom. The molecule has 0 fully saturated rings. The maximum atomic E-state index is 9.74. The van der Waals surface area contributed by atoms with E-state index in [4.69, 9.17) is 0 Å². The Morgan fingerprint density at radius 3 is 1.07 bits per heavy atom. The summed E-state index contributed by atoms with van der Waals surface area (Å²) in [5, 5.41) is 27.4. The van der Waals surface area contributed by atoms with E-state index in [2.05, 4.69) is 44.8 Å². The first-order valence-electron chi connectivity index (χ1n) is 10.3. The van der Waals surface area contributed by atoms with Gasteiger partial charge in [-0.15, -0.1) is 0 Å². The summed E-state index contributed by atoms with van der Waals surface area (Å²) in [6.45, 7) is 7.50. The summed E-state index contributed by atoms with van der Waals surface area (Å²) < 4.78 is 1.46. The van der Waals surface area contributed by atoms with Crippen molar-refractivity contribution in [3.05, 3.63) is 0 Å². The van der Waals surface area contributed by atoms with Gasteiger partial charge in [0.15, 0.2) is 0 Å². The van der Waals surface area contributed by atoms with Crippen molar-refractivity contribution in [3.8, 4) is 0 Å². The van der Waals surface area contributed by atoms with Gasteiger partial charge in [-0.2, -0.15) is 37.9 Å². The van der Waals surface area contributed by atoms with Crippen LogP contribution < -0.4 is 15.3 Å². The number of carboxylic acid groups (broad SMARTS) is 3. The minimum atomic E-state index is -1.09. The van der Waals surface area contributed by atoms with Crippen molar-refractivity contribution in [1.29, 1.82) is 0 Å². The molecule has 0 rings (SSSR count). The number of carboxylic acids is 3. The molecule has 0 aromatic heterocycles. The van der Waals surface area contributed by atoms with Gasteiger partial charge < -0.3 is 29.7 Å². The predicted octanol–water partition coefficient (Wildman–Crippen LogP) is 1.27. The summed E-state index contributed by atoms with van der Waals surface area (Å²) >= 11 is 12.7. The van der Waals surface area contributed by atoms with E-state index in [0.29, 0.717) is 19.3 Å². The van der Waals surface area contributed by atoms with Crippen molar-refractivity contribution in [2.45, 2.75) is 106 Å². The SMILES string of the molecule is CCC(S)C(=O)[O-].CCC(S)C(=O)[O-].CCC(S)C(=O)[O-].CCCCCCC[CH2][Sn+3]. The van der Waals surface area contributed by atoms with E-state index < -0.39 is 33.7 Å². The zero-order valence-corrected chi connectivity index (χ0v) is 24.1. The van der Waals surface area contributed by atoms with Gasteiger partial charge in [0, 0.05) is 15.7 Å². The van der Waals surface area contributed by atoms with Crippen LogP contribution in [0, 0.1) is 0 Å². The van der Waals surface area contributed by atoms with E-state index in [1.807, 2.05) is 0 Å².